The van der Waals surface area contributed by atoms with Gasteiger partial charge in [-0.1, -0.05) is 16.4 Å². The summed E-state index contributed by atoms with van der Waals surface area (Å²) in [5.74, 6) is 0.198. The van der Waals surface area contributed by atoms with E-state index in [1.807, 2.05) is 6.08 Å². The Balaban J connectivity index is 2.44. The molecule has 5 heteroatoms. The van der Waals surface area contributed by atoms with Gasteiger partial charge in [-0.3, -0.25) is 0 Å². The van der Waals surface area contributed by atoms with Crippen LogP contribution < -0.4 is 14.0 Å². The lowest BCUT2D eigenvalue weighted by molar-refractivity contribution is -1.92. The van der Waals surface area contributed by atoms with Gasteiger partial charge in [-0.25, -0.2) is 0 Å². The van der Waals surface area contributed by atoms with Gasteiger partial charge in [0.1, 0.15) is 10.2 Å². The molecule has 0 aromatic rings. The van der Waals surface area contributed by atoms with Gasteiger partial charge in [0.25, 0.3) is 5.76 Å². The van der Waals surface area contributed by atoms with Crippen molar-refractivity contribution in [2.45, 2.75) is 12.8 Å². The van der Waals surface area contributed by atoms with Crippen molar-refractivity contribution in [2.24, 2.45) is 0 Å². The highest BCUT2D eigenvalue weighted by Crippen LogP contribution is 2.14. The predicted octanol–water partition coefficient (Wildman–Crippen LogP) is -1.87. The van der Waals surface area contributed by atoms with E-state index in [9.17, 15) is 14.0 Å². The highest BCUT2D eigenvalue weighted by atomic mass is 35.7. The number of halogens is 1. The number of rotatable bonds is 2. The summed E-state index contributed by atoms with van der Waals surface area (Å²) in [5.41, 5.74) is 0. The molecule has 1 aliphatic rings. The fourth-order valence-corrected chi connectivity index (χ4v) is 1.13. The van der Waals surface area contributed by atoms with Crippen LogP contribution in [-0.4, -0.2) is 0 Å². The first-order valence-electron chi connectivity index (χ1n) is 3.02. The summed E-state index contributed by atoms with van der Waals surface area (Å²) in [4.78, 5) is 0. The van der Waals surface area contributed by atoms with Gasteiger partial charge in [0.15, 0.2) is 0 Å². The lowest BCUT2D eigenvalue weighted by Crippen LogP contribution is -2.60. The van der Waals surface area contributed by atoms with E-state index in [2.05, 4.69) is 4.29 Å². The van der Waals surface area contributed by atoms with E-state index < -0.39 is 10.2 Å². The summed E-state index contributed by atoms with van der Waals surface area (Å²) in [6.07, 6.45) is 6.15. The molecule has 11 heavy (non-hydrogen) atoms. The molecule has 0 saturated heterocycles. The second-order valence-corrected chi connectivity index (χ2v) is 2.95. The van der Waals surface area contributed by atoms with Crippen molar-refractivity contribution in [3.8, 4) is 0 Å². The Morgan fingerprint density at radius 2 is 2.00 bits per heavy atom. The molecule has 0 bridgehead atoms. The van der Waals surface area contributed by atoms with Gasteiger partial charge in [0, 0.05) is 6.42 Å². The van der Waals surface area contributed by atoms with Crippen molar-refractivity contribution in [1.29, 1.82) is 0 Å². The van der Waals surface area contributed by atoms with Gasteiger partial charge >= 0.3 is 0 Å². The standard InChI is InChI=1S/C6H7ClO4/c8-7(9,10)11-6-4-2-1-3-5-6/h1-2,5H,3-4H2. The third kappa shape index (κ3) is 3.38. The van der Waals surface area contributed by atoms with Crippen LogP contribution in [0.1, 0.15) is 12.8 Å². The molecule has 0 aromatic heterocycles. The third-order valence-electron chi connectivity index (χ3n) is 1.16. The van der Waals surface area contributed by atoms with Gasteiger partial charge in [-0.15, -0.1) is 0 Å². The minimum Gasteiger partial charge on any atom is -0.167 e. The maximum absolute atomic E-state index is 10.0. The summed E-state index contributed by atoms with van der Waals surface area (Å²) < 4.78 is 34.2. The Hall–Kier alpha value is -0.550. The van der Waals surface area contributed by atoms with Crippen LogP contribution in [0.3, 0.4) is 0 Å². The summed E-state index contributed by atoms with van der Waals surface area (Å²) in [7, 11) is -4.32. The molecule has 0 N–H and O–H groups in total. The van der Waals surface area contributed by atoms with Crippen LogP contribution >= 0.6 is 0 Å². The van der Waals surface area contributed by atoms with Crippen molar-refractivity contribution in [3.05, 3.63) is 24.0 Å². The zero-order chi connectivity index (χ0) is 8.32. The van der Waals surface area contributed by atoms with Gasteiger partial charge in [0.2, 0.25) is 0 Å². The molecule has 4 nitrogen and oxygen atoms in total. The molecule has 0 radical (unpaired) electrons. The molecule has 62 valence electrons. The largest absolute Gasteiger partial charge is 0.265 e. The van der Waals surface area contributed by atoms with Crippen LogP contribution in [0.4, 0.5) is 0 Å². The van der Waals surface area contributed by atoms with E-state index in [1.54, 1.807) is 12.2 Å². The molecule has 0 aromatic carbocycles. The maximum atomic E-state index is 10.0. The smallest absolute Gasteiger partial charge is 0.167 e. The van der Waals surface area contributed by atoms with E-state index in [1.165, 1.54) is 0 Å². The van der Waals surface area contributed by atoms with Crippen LogP contribution in [0.5, 0.6) is 0 Å². The average Bonchev–Trinajstić information content (AvgIpc) is 1.85. The van der Waals surface area contributed by atoms with Crippen LogP contribution in [0.2, 0.25) is 0 Å². The molecule has 1 aliphatic carbocycles. The van der Waals surface area contributed by atoms with E-state index in [4.69, 9.17) is 0 Å². The molecule has 0 fully saturated rings. The Morgan fingerprint density at radius 1 is 1.27 bits per heavy atom. The van der Waals surface area contributed by atoms with E-state index >= 15 is 0 Å². The second-order valence-electron chi connectivity index (χ2n) is 2.04. The molecule has 0 atom stereocenters. The van der Waals surface area contributed by atoms with E-state index in [-0.39, 0.29) is 5.76 Å². The van der Waals surface area contributed by atoms with Crippen LogP contribution in [0, 0.1) is 10.2 Å². The van der Waals surface area contributed by atoms with Crippen LogP contribution in [-0.2, 0) is 4.29 Å². The first-order chi connectivity index (χ1) is 5.08. The third-order valence-corrected chi connectivity index (χ3v) is 1.55. The zero-order valence-electron chi connectivity index (χ0n) is 5.66. The Morgan fingerprint density at radius 3 is 2.45 bits per heavy atom. The molecule has 0 spiro atoms. The molecular formula is C6H7ClO4. The monoisotopic (exact) mass is 178 g/mol. The first kappa shape index (κ1) is 8.55. The maximum Gasteiger partial charge on any atom is 0.265 e. The fourth-order valence-electron chi connectivity index (χ4n) is 0.763. The van der Waals surface area contributed by atoms with Crippen molar-refractivity contribution >= 4 is 0 Å². The van der Waals surface area contributed by atoms with Gasteiger partial charge < -0.3 is 0 Å². The average molecular weight is 179 g/mol. The van der Waals surface area contributed by atoms with Crippen LogP contribution in [0.25, 0.3) is 0 Å². The van der Waals surface area contributed by atoms with Crippen LogP contribution in [0.15, 0.2) is 24.0 Å². The Labute approximate surface area is 66.1 Å². The highest BCUT2D eigenvalue weighted by molar-refractivity contribution is 5.08. The minimum atomic E-state index is -4.32. The summed E-state index contributed by atoms with van der Waals surface area (Å²) in [6.45, 7) is 0. The molecule has 0 heterocycles. The molecule has 0 aliphatic heterocycles. The molecule has 0 unspecified atom stereocenters. The number of hydrogen-bond acceptors (Lipinski definition) is 4. The summed E-state index contributed by atoms with van der Waals surface area (Å²) in [5, 5.41) is 0. The first-order valence-corrected chi connectivity index (χ1v) is 4.26. The minimum absolute atomic E-state index is 0.198. The topological polar surface area (TPSA) is 78.4 Å². The fraction of sp³-hybridized carbons (Fsp3) is 0.333. The Bertz CT molecular complexity index is 191. The lowest BCUT2D eigenvalue weighted by Gasteiger charge is -2.13. The normalized spacial score (nSPS) is 17.9. The quantitative estimate of drug-likeness (QED) is 0.465. The van der Waals surface area contributed by atoms with Crippen molar-refractivity contribution in [1.82, 2.24) is 0 Å². The van der Waals surface area contributed by atoms with Crippen molar-refractivity contribution in [3.63, 3.8) is 0 Å². The molecular weight excluding hydrogens is 172 g/mol. The number of hydrogen-bond donors (Lipinski definition) is 0. The summed E-state index contributed by atoms with van der Waals surface area (Å²) in [6, 6.07) is 0. The number of allylic oxidation sites excluding steroid dienone is 3. The van der Waals surface area contributed by atoms with Gasteiger partial charge in [0.05, 0.1) is 0 Å². The van der Waals surface area contributed by atoms with Crippen molar-refractivity contribution < 1.29 is 28.5 Å². The van der Waals surface area contributed by atoms with Crippen molar-refractivity contribution in [2.75, 3.05) is 0 Å². The molecule has 0 amide bonds. The Kier molecular flexibility index (Phi) is 2.51. The van der Waals surface area contributed by atoms with E-state index in [0.717, 1.165) is 0 Å². The summed E-state index contributed by atoms with van der Waals surface area (Å²) >= 11 is 0. The van der Waals surface area contributed by atoms with Gasteiger partial charge in [-0.2, -0.15) is 14.0 Å². The van der Waals surface area contributed by atoms with E-state index in [0.29, 0.717) is 12.8 Å². The molecule has 1 rings (SSSR count). The lowest BCUT2D eigenvalue weighted by atomic mass is 10.2. The highest BCUT2D eigenvalue weighted by Gasteiger charge is 2.21. The second kappa shape index (κ2) is 3.23. The van der Waals surface area contributed by atoms with Gasteiger partial charge in [-0.05, 0) is 12.5 Å². The zero-order valence-corrected chi connectivity index (χ0v) is 6.41. The SMILES string of the molecule is [O-][Cl+3]([O-])([O-])OC1=CCC=CC1. The predicted molar refractivity (Wildman–Crippen MR) is 27.5 cm³/mol. The molecule has 0 saturated carbocycles.